The van der Waals surface area contributed by atoms with Crippen LogP contribution in [0.2, 0.25) is 10.0 Å². The fraction of sp³-hybridized carbons (Fsp3) is 0.571. The minimum Gasteiger partial charge on any atom is -0.492 e. The number of nitrogens with one attached hydrogen (secondary N) is 1. The number of thioether (sulfide) groups is 1. The summed E-state index contributed by atoms with van der Waals surface area (Å²) in [5, 5.41) is 14.3. The van der Waals surface area contributed by atoms with Gasteiger partial charge in [0, 0.05) is 34.3 Å². The van der Waals surface area contributed by atoms with Crippen LogP contribution < -0.4 is 10.1 Å². The van der Waals surface area contributed by atoms with Crippen molar-refractivity contribution >= 4 is 35.0 Å². The Labute approximate surface area is 134 Å². The van der Waals surface area contributed by atoms with Crippen LogP contribution in [0.3, 0.4) is 0 Å². The largest absolute Gasteiger partial charge is 0.492 e. The molecule has 0 spiro atoms. The zero-order valence-electron chi connectivity index (χ0n) is 11.5. The highest BCUT2D eigenvalue weighted by Gasteiger charge is 2.27. The molecule has 1 heterocycles. The predicted octanol–water partition coefficient (Wildman–Crippen LogP) is 3.52. The van der Waals surface area contributed by atoms with Gasteiger partial charge in [0.2, 0.25) is 0 Å². The Morgan fingerprint density at radius 1 is 1.50 bits per heavy atom. The summed E-state index contributed by atoms with van der Waals surface area (Å²) in [6, 6.07) is 3.93. The second kappa shape index (κ2) is 7.23. The second-order valence-electron chi connectivity index (χ2n) is 4.91. The van der Waals surface area contributed by atoms with Crippen LogP contribution in [0.4, 0.5) is 0 Å². The number of ether oxygens (including phenoxy) is 1. The highest BCUT2D eigenvalue weighted by atomic mass is 35.5. The number of rotatable bonds is 5. The van der Waals surface area contributed by atoms with Crippen molar-refractivity contribution in [3.8, 4) is 5.75 Å². The minimum absolute atomic E-state index is 0.145. The molecule has 1 aliphatic heterocycles. The van der Waals surface area contributed by atoms with Gasteiger partial charge in [-0.05, 0) is 25.3 Å². The van der Waals surface area contributed by atoms with Crippen LogP contribution in [0.15, 0.2) is 12.1 Å². The van der Waals surface area contributed by atoms with Gasteiger partial charge in [0.05, 0.1) is 18.2 Å². The van der Waals surface area contributed by atoms with Crippen molar-refractivity contribution in [1.82, 2.24) is 5.32 Å². The van der Waals surface area contributed by atoms with Gasteiger partial charge in [-0.3, -0.25) is 0 Å². The fourth-order valence-electron chi connectivity index (χ4n) is 2.46. The maximum atomic E-state index is 9.38. The summed E-state index contributed by atoms with van der Waals surface area (Å²) >= 11 is 13.9. The van der Waals surface area contributed by atoms with Crippen molar-refractivity contribution in [3.63, 3.8) is 0 Å². The Morgan fingerprint density at radius 3 is 2.90 bits per heavy atom. The Balaban J connectivity index is 2.20. The summed E-state index contributed by atoms with van der Waals surface area (Å²) < 4.78 is 5.65. The van der Waals surface area contributed by atoms with Gasteiger partial charge in [0.1, 0.15) is 5.75 Å². The number of hydrogen-bond acceptors (Lipinski definition) is 4. The first-order valence-corrected chi connectivity index (χ1v) is 8.62. The quantitative estimate of drug-likeness (QED) is 0.863. The van der Waals surface area contributed by atoms with Gasteiger partial charge in [0.15, 0.2) is 0 Å². The van der Waals surface area contributed by atoms with Gasteiger partial charge in [-0.1, -0.05) is 23.2 Å². The number of benzene rings is 1. The summed E-state index contributed by atoms with van der Waals surface area (Å²) in [6.45, 7) is 2.86. The molecule has 6 heteroatoms. The molecule has 0 amide bonds. The van der Waals surface area contributed by atoms with Crippen molar-refractivity contribution in [3.05, 3.63) is 27.7 Å². The van der Waals surface area contributed by atoms with Crippen molar-refractivity contribution in [1.29, 1.82) is 0 Å². The van der Waals surface area contributed by atoms with E-state index in [4.69, 9.17) is 27.9 Å². The first-order valence-electron chi connectivity index (χ1n) is 6.58. The lowest BCUT2D eigenvalue weighted by molar-refractivity contribution is 0.232. The van der Waals surface area contributed by atoms with Gasteiger partial charge >= 0.3 is 0 Å². The standard InChI is InChI=1S/C14H19Cl2NO2S/c1-8(13(7-18)20-2)17-12-3-4-19-14-10(12)5-9(15)6-11(14)16/h5-6,8,12-13,17-18H,3-4,7H2,1-2H3. The van der Waals surface area contributed by atoms with E-state index in [0.717, 1.165) is 17.7 Å². The van der Waals surface area contributed by atoms with Crippen molar-refractivity contribution in [2.45, 2.75) is 30.7 Å². The molecule has 0 radical (unpaired) electrons. The van der Waals surface area contributed by atoms with Crippen LogP contribution >= 0.6 is 35.0 Å². The van der Waals surface area contributed by atoms with E-state index in [0.29, 0.717) is 16.7 Å². The van der Waals surface area contributed by atoms with E-state index >= 15 is 0 Å². The molecule has 2 rings (SSSR count). The van der Waals surface area contributed by atoms with Crippen molar-refractivity contribution < 1.29 is 9.84 Å². The van der Waals surface area contributed by atoms with Crippen LogP contribution in [-0.2, 0) is 0 Å². The monoisotopic (exact) mass is 335 g/mol. The molecule has 1 aromatic carbocycles. The molecule has 0 saturated heterocycles. The highest BCUT2D eigenvalue weighted by Crippen LogP contribution is 2.40. The molecule has 0 fully saturated rings. The van der Waals surface area contributed by atoms with E-state index in [9.17, 15) is 5.11 Å². The number of aliphatic hydroxyl groups excluding tert-OH is 1. The van der Waals surface area contributed by atoms with Gasteiger partial charge in [-0.25, -0.2) is 0 Å². The zero-order valence-corrected chi connectivity index (χ0v) is 13.9. The number of halogens is 2. The zero-order chi connectivity index (χ0) is 14.7. The van der Waals surface area contributed by atoms with Crippen molar-refractivity contribution in [2.24, 2.45) is 0 Å². The van der Waals surface area contributed by atoms with E-state index in [-0.39, 0.29) is 23.9 Å². The van der Waals surface area contributed by atoms with Crippen LogP contribution in [0.25, 0.3) is 0 Å². The van der Waals surface area contributed by atoms with E-state index in [2.05, 4.69) is 12.2 Å². The highest BCUT2D eigenvalue weighted by molar-refractivity contribution is 7.99. The predicted molar refractivity (Wildman–Crippen MR) is 86.3 cm³/mol. The average molecular weight is 336 g/mol. The maximum absolute atomic E-state index is 9.38. The normalized spacial score (nSPS) is 20.9. The molecule has 0 bridgehead atoms. The van der Waals surface area contributed by atoms with E-state index in [1.54, 1.807) is 17.8 Å². The van der Waals surface area contributed by atoms with Gasteiger partial charge in [-0.2, -0.15) is 11.8 Å². The maximum Gasteiger partial charge on any atom is 0.142 e. The molecule has 1 aromatic rings. The number of aliphatic hydroxyl groups is 1. The molecule has 3 atom stereocenters. The molecular weight excluding hydrogens is 317 g/mol. The Hall–Kier alpha value is -0.130. The molecule has 1 aliphatic rings. The molecular formula is C14H19Cl2NO2S. The Morgan fingerprint density at radius 2 is 2.25 bits per heavy atom. The van der Waals surface area contributed by atoms with E-state index < -0.39 is 0 Å². The lowest BCUT2D eigenvalue weighted by Crippen LogP contribution is -2.41. The van der Waals surface area contributed by atoms with Crippen LogP contribution in [0.1, 0.15) is 24.9 Å². The second-order valence-corrected chi connectivity index (χ2v) is 6.83. The average Bonchev–Trinajstić information content (AvgIpc) is 2.41. The fourth-order valence-corrected chi connectivity index (χ4v) is 3.66. The van der Waals surface area contributed by atoms with Gasteiger partial charge in [0.25, 0.3) is 0 Å². The van der Waals surface area contributed by atoms with Crippen LogP contribution in [0, 0.1) is 0 Å². The summed E-state index contributed by atoms with van der Waals surface area (Å²) in [5.41, 5.74) is 0.999. The first-order chi connectivity index (χ1) is 9.56. The number of hydrogen-bond donors (Lipinski definition) is 2. The van der Waals surface area contributed by atoms with E-state index in [1.807, 2.05) is 12.3 Å². The molecule has 3 unspecified atom stereocenters. The lowest BCUT2D eigenvalue weighted by atomic mass is 9.99. The van der Waals surface area contributed by atoms with E-state index in [1.165, 1.54) is 0 Å². The Bertz CT molecular complexity index is 469. The summed E-state index contributed by atoms with van der Waals surface area (Å²) in [6.07, 6.45) is 2.87. The lowest BCUT2D eigenvalue weighted by Gasteiger charge is -2.32. The summed E-state index contributed by atoms with van der Waals surface area (Å²) in [5.74, 6) is 0.719. The van der Waals surface area contributed by atoms with Crippen LogP contribution in [0.5, 0.6) is 5.75 Å². The topological polar surface area (TPSA) is 41.5 Å². The smallest absolute Gasteiger partial charge is 0.142 e. The Kier molecular flexibility index (Phi) is 5.87. The minimum atomic E-state index is 0.145. The van der Waals surface area contributed by atoms with Gasteiger partial charge in [-0.15, -0.1) is 0 Å². The SMILES string of the molecule is CSC(CO)C(C)NC1CCOc2c(Cl)cc(Cl)cc21. The molecule has 0 aromatic heterocycles. The molecule has 3 nitrogen and oxygen atoms in total. The molecule has 2 N–H and O–H groups in total. The third-order valence-corrected chi connectivity index (χ3v) is 5.23. The van der Waals surface area contributed by atoms with Crippen LogP contribution in [-0.4, -0.2) is 35.9 Å². The first kappa shape index (κ1) is 16.2. The molecule has 20 heavy (non-hydrogen) atoms. The van der Waals surface area contributed by atoms with Crippen molar-refractivity contribution in [2.75, 3.05) is 19.5 Å². The third kappa shape index (κ3) is 3.55. The molecule has 0 aliphatic carbocycles. The third-order valence-electron chi connectivity index (χ3n) is 3.57. The number of fused-ring (bicyclic) bond motifs is 1. The molecule has 112 valence electrons. The summed E-state index contributed by atoms with van der Waals surface area (Å²) in [7, 11) is 0. The molecule has 0 saturated carbocycles. The summed E-state index contributed by atoms with van der Waals surface area (Å²) in [4.78, 5) is 0. The van der Waals surface area contributed by atoms with Gasteiger partial charge < -0.3 is 15.2 Å².